The molecule has 0 spiro atoms. The summed E-state index contributed by atoms with van der Waals surface area (Å²) in [6, 6.07) is 4.54. The quantitative estimate of drug-likeness (QED) is 0.811. The lowest BCUT2D eigenvalue weighted by atomic mass is 9.99. The minimum absolute atomic E-state index is 0.0807. The Bertz CT molecular complexity index is 439. The van der Waals surface area contributed by atoms with Crippen molar-refractivity contribution in [1.29, 1.82) is 0 Å². The Morgan fingerprint density at radius 1 is 1.41 bits per heavy atom. The van der Waals surface area contributed by atoms with Gasteiger partial charge in [-0.25, -0.2) is 4.39 Å². The van der Waals surface area contributed by atoms with Crippen LogP contribution in [0.25, 0.3) is 0 Å². The summed E-state index contributed by atoms with van der Waals surface area (Å²) in [4.78, 5) is 0.230. The number of benzene rings is 1. The molecule has 2 rings (SSSR count). The Balaban J connectivity index is 2.28. The second kappa shape index (κ2) is 4.61. The topological polar surface area (TPSA) is 38.0 Å². The van der Waals surface area contributed by atoms with Crippen molar-refractivity contribution in [3.05, 3.63) is 29.6 Å². The van der Waals surface area contributed by atoms with E-state index in [-0.39, 0.29) is 16.3 Å². The fraction of sp³-hybridized carbons (Fsp3) is 0.462. The number of anilines is 1. The van der Waals surface area contributed by atoms with E-state index in [0.717, 1.165) is 18.5 Å². The third kappa shape index (κ3) is 2.75. The molecule has 0 bridgehead atoms. The molecule has 17 heavy (non-hydrogen) atoms. The summed E-state index contributed by atoms with van der Waals surface area (Å²) in [5, 5.41) is 3.46. The molecule has 1 aliphatic rings. The summed E-state index contributed by atoms with van der Waals surface area (Å²) in [6.45, 7) is 2.19. The molecule has 0 aromatic heterocycles. The van der Waals surface area contributed by atoms with Crippen molar-refractivity contribution >= 4 is 22.9 Å². The summed E-state index contributed by atoms with van der Waals surface area (Å²) in [7, 11) is 0. The fourth-order valence-corrected chi connectivity index (χ4v) is 2.60. The second-order valence-corrected chi connectivity index (χ2v) is 5.39. The molecule has 1 fully saturated rings. The zero-order valence-electron chi connectivity index (χ0n) is 9.92. The monoisotopic (exact) mass is 252 g/mol. The van der Waals surface area contributed by atoms with Crippen LogP contribution in [0.4, 0.5) is 10.1 Å². The SMILES string of the molecule is CC1(Nc2ccc(F)cc2C(N)=S)CCCC1. The molecule has 1 aliphatic carbocycles. The van der Waals surface area contributed by atoms with Crippen LogP contribution in [-0.4, -0.2) is 10.5 Å². The van der Waals surface area contributed by atoms with Crippen LogP contribution in [0.3, 0.4) is 0 Å². The lowest BCUT2D eigenvalue weighted by Crippen LogP contribution is -2.32. The van der Waals surface area contributed by atoms with Gasteiger partial charge in [-0.2, -0.15) is 0 Å². The van der Waals surface area contributed by atoms with E-state index in [4.69, 9.17) is 18.0 Å². The summed E-state index contributed by atoms with van der Waals surface area (Å²) < 4.78 is 13.2. The van der Waals surface area contributed by atoms with Gasteiger partial charge in [-0.15, -0.1) is 0 Å². The molecule has 0 amide bonds. The first-order chi connectivity index (χ1) is 8.00. The normalized spacial score (nSPS) is 18.0. The summed E-state index contributed by atoms with van der Waals surface area (Å²) in [5.41, 5.74) is 7.13. The highest BCUT2D eigenvalue weighted by atomic mass is 32.1. The van der Waals surface area contributed by atoms with Gasteiger partial charge in [0.25, 0.3) is 0 Å². The number of halogens is 1. The molecule has 0 atom stereocenters. The van der Waals surface area contributed by atoms with Crippen LogP contribution < -0.4 is 11.1 Å². The highest BCUT2D eigenvalue weighted by Crippen LogP contribution is 2.33. The molecule has 0 heterocycles. The van der Waals surface area contributed by atoms with E-state index in [2.05, 4.69) is 12.2 Å². The smallest absolute Gasteiger partial charge is 0.124 e. The van der Waals surface area contributed by atoms with Crippen LogP contribution in [-0.2, 0) is 0 Å². The predicted molar refractivity (Wildman–Crippen MR) is 72.8 cm³/mol. The third-order valence-corrected chi connectivity index (χ3v) is 3.61. The largest absolute Gasteiger partial charge is 0.389 e. The van der Waals surface area contributed by atoms with Crippen LogP contribution in [0, 0.1) is 5.82 Å². The number of rotatable bonds is 3. The van der Waals surface area contributed by atoms with Crippen molar-refractivity contribution in [3.63, 3.8) is 0 Å². The van der Waals surface area contributed by atoms with E-state index in [1.165, 1.54) is 25.0 Å². The van der Waals surface area contributed by atoms with Gasteiger partial charge in [0.15, 0.2) is 0 Å². The fourth-order valence-electron chi connectivity index (χ4n) is 2.43. The van der Waals surface area contributed by atoms with E-state index in [1.54, 1.807) is 6.07 Å². The van der Waals surface area contributed by atoms with Gasteiger partial charge in [0, 0.05) is 16.8 Å². The van der Waals surface area contributed by atoms with Crippen molar-refractivity contribution in [2.75, 3.05) is 5.32 Å². The molecule has 2 nitrogen and oxygen atoms in total. The summed E-state index contributed by atoms with van der Waals surface area (Å²) in [6.07, 6.45) is 4.71. The number of hydrogen-bond acceptors (Lipinski definition) is 2. The lowest BCUT2D eigenvalue weighted by molar-refractivity contribution is 0.533. The van der Waals surface area contributed by atoms with Gasteiger partial charge in [-0.3, -0.25) is 0 Å². The van der Waals surface area contributed by atoms with Gasteiger partial charge in [-0.1, -0.05) is 25.1 Å². The third-order valence-electron chi connectivity index (χ3n) is 3.39. The maximum absolute atomic E-state index is 13.2. The van der Waals surface area contributed by atoms with Crippen LogP contribution in [0.5, 0.6) is 0 Å². The van der Waals surface area contributed by atoms with Gasteiger partial charge < -0.3 is 11.1 Å². The first-order valence-corrected chi connectivity index (χ1v) is 6.29. The van der Waals surface area contributed by atoms with E-state index in [9.17, 15) is 4.39 Å². The molecule has 0 saturated heterocycles. The minimum Gasteiger partial charge on any atom is -0.389 e. The molecular weight excluding hydrogens is 235 g/mol. The van der Waals surface area contributed by atoms with Gasteiger partial charge in [0.05, 0.1) is 0 Å². The first-order valence-electron chi connectivity index (χ1n) is 5.88. The van der Waals surface area contributed by atoms with Gasteiger partial charge >= 0.3 is 0 Å². The zero-order chi connectivity index (χ0) is 12.5. The number of hydrogen-bond donors (Lipinski definition) is 2. The molecule has 0 radical (unpaired) electrons. The Hall–Kier alpha value is -1.16. The van der Waals surface area contributed by atoms with Crippen molar-refractivity contribution in [2.45, 2.75) is 38.1 Å². The highest BCUT2D eigenvalue weighted by Gasteiger charge is 2.29. The molecule has 1 aromatic carbocycles. The average molecular weight is 252 g/mol. The summed E-state index contributed by atoms with van der Waals surface area (Å²) in [5.74, 6) is -0.310. The van der Waals surface area contributed by atoms with Crippen molar-refractivity contribution in [1.82, 2.24) is 0 Å². The Labute approximate surface area is 106 Å². The standard InChI is InChI=1S/C13H17FN2S/c1-13(6-2-3-7-13)16-11-5-4-9(14)8-10(11)12(15)17/h4-5,8,16H,2-3,6-7H2,1H3,(H2,15,17). The molecule has 1 saturated carbocycles. The summed E-state index contributed by atoms with van der Waals surface area (Å²) >= 11 is 4.96. The van der Waals surface area contributed by atoms with Crippen molar-refractivity contribution in [3.8, 4) is 0 Å². The second-order valence-electron chi connectivity index (χ2n) is 4.95. The molecule has 1 aromatic rings. The lowest BCUT2D eigenvalue weighted by Gasteiger charge is -2.28. The van der Waals surface area contributed by atoms with Gasteiger partial charge in [-0.05, 0) is 38.0 Å². The number of thiocarbonyl (C=S) groups is 1. The van der Waals surface area contributed by atoms with E-state index in [1.807, 2.05) is 0 Å². The van der Waals surface area contributed by atoms with Gasteiger partial charge in [0.1, 0.15) is 10.8 Å². The molecule has 0 aliphatic heterocycles. The predicted octanol–water partition coefficient (Wildman–Crippen LogP) is 3.20. The molecular formula is C13H17FN2S. The Morgan fingerprint density at radius 2 is 2.06 bits per heavy atom. The molecule has 3 N–H and O–H groups in total. The first kappa shape index (κ1) is 12.3. The highest BCUT2D eigenvalue weighted by molar-refractivity contribution is 7.80. The minimum atomic E-state index is -0.310. The molecule has 0 unspecified atom stereocenters. The Kier molecular flexibility index (Phi) is 3.33. The van der Waals surface area contributed by atoms with E-state index in [0.29, 0.717) is 5.56 Å². The van der Waals surface area contributed by atoms with E-state index < -0.39 is 0 Å². The maximum atomic E-state index is 13.2. The van der Waals surface area contributed by atoms with Crippen LogP contribution in [0.2, 0.25) is 0 Å². The number of nitrogens with two attached hydrogens (primary N) is 1. The zero-order valence-corrected chi connectivity index (χ0v) is 10.7. The number of nitrogens with one attached hydrogen (secondary N) is 1. The van der Waals surface area contributed by atoms with Crippen molar-refractivity contribution < 1.29 is 4.39 Å². The van der Waals surface area contributed by atoms with E-state index >= 15 is 0 Å². The van der Waals surface area contributed by atoms with Crippen LogP contribution >= 0.6 is 12.2 Å². The van der Waals surface area contributed by atoms with Gasteiger partial charge in [0.2, 0.25) is 0 Å². The Morgan fingerprint density at radius 3 is 2.65 bits per heavy atom. The molecule has 92 valence electrons. The van der Waals surface area contributed by atoms with Crippen molar-refractivity contribution in [2.24, 2.45) is 5.73 Å². The molecule has 4 heteroatoms. The maximum Gasteiger partial charge on any atom is 0.124 e. The average Bonchev–Trinajstić information content (AvgIpc) is 2.67. The van der Waals surface area contributed by atoms with Crippen LogP contribution in [0.15, 0.2) is 18.2 Å². The van der Waals surface area contributed by atoms with Crippen LogP contribution in [0.1, 0.15) is 38.2 Å².